The molecule has 14 N–H and O–H groups in total. The Kier molecular flexibility index (Phi) is 22.6. The van der Waals surface area contributed by atoms with Crippen LogP contribution >= 0.6 is 11.8 Å². The van der Waals surface area contributed by atoms with Gasteiger partial charge in [0.25, 0.3) is 0 Å². The Morgan fingerprint density at radius 1 is 0.710 bits per heavy atom. The van der Waals surface area contributed by atoms with E-state index in [9.17, 15) is 63.3 Å². The number of carbonyl (C=O) groups excluding carboxylic acids is 8. The van der Waals surface area contributed by atoms with Crippen LogP contribution in [0.4, 0.5) is 0 Å². The highest BCUT2D eigenvalue weighted by Crippen LogP contribution is 2.23. The summed E-state index contributed by atoms with van der Waals surface area (Å²) in [6.07, 6.45) is 2.58. The number of nitrogens with one attached hydrogen (secondary N) is 5. The van der Waals surface area contributed by atoms with Crippen molar-refractivity contribution >= 4 is 71.0 Å². The van der Waals surface area contributed by atoms with E-state index < -0.39 is 133 Å². The van der Waals surface area contributed by atoms with Crippen LogP contribution in [0.1, 0.15) is 84.5 Å². The fourth-order valence-electron chi connectivity index (χ4n) is 7.10. The topological polar surface area (TPSA) is 376 Å². The fourth-order valence-corrected chi connectivity index (χ4v) is 7.59. The Bertz CT molecular complexity index is 1620. The van der Waals surface area contributed by atoms with Crippen molar-refractivity contribution in [1.29, 1.82) is 0 Å². The van der Waals surface area contributed by atoms with Gasteiger partial charge in [-0.25, -0.2) is 4.79 Å². The van der Waals surface area contributed by atoms with Crippen molar-refractivity contribution < 1.29 is 63.3 Å². The van der Waals surface area contributed by atoms with E-state index in [2.05, 4.69) is 26.6 Å². The summed E-state index contributed by atoms with van der Waals surface area (Å²) in [5.74, 6) is -9.29. The van der Waals surface area contributed by atoms with Crippen molar-refractivity contribution in [3.63, 3.8) is 0 Å². The molecule has 2 heterocycles. The molecule has 0 aromatic heterocycles. The summed E-state index contributed by atoms with van der Waals surface area (Å²) in [4.78, 5) is 132. The van der Waals surface area contributed by atoms with Gasteiger partial charge in [0.05, 0.1) is 19.1 Å². The molecular formula is C38H64N10O13S. The number of unbranched alkanes of at least 4 members (excludes halogenated alkanes) is 1. The van der Waals surface area contributed by atoms with Crippen LogP contribution in [0.25, 0.3) is 0 Å². The van der Waals surface area contributed by atoms with Crippen LogP contribution in [-0.4, -0.2) is 171 Å². The molecule has 2 fully saturated rings. The Morgan fingerprint density at radius 3 is 1.76 bits per heavy atom. The molecule has 0 aromatic carbocycles. The molecule has 23 nitrogen and oxygen atoms in total. The van der Waals surface area contributed by atoms with Crippen LogP contribution in [0, 0.1) is 5.92 Å². The number of rotatable bonds is 27. The van der Waals surface area contributed by atoms with Gasteiger partial charge in [-0.3, -0.25) is 43.2 Å². The lowest BCUT2D eigenvalue weighted by Gasteiger charge is -2.33. The van der Waals surface area contributed by atoms with Gasteiger partial charge in [0.1, 0.15) is 42.3 Å². The highest BCUT2D eigenvalue weighted by molar-refractivity contribution is 7.98. The van der Waals surface area contributed by atoms with Crippen molar-refractivity contribution in [2.45, 2.75) is 133 Å². The number of nitrogens with two attached hydrogens (primary N) is 3. The van der Waals surface area contributed by atoms with Crippen molar-refractivity contribution in [3.8, 4) is 0 Å². The van der Waals surface area contributed by atoms with Crippen LogP contribution in [0.3, 0.4) is 0 Å². The minimum atomic E-state index is -1.64. The second-order valence-corrected chi connectivity index (χ2v) is 16.6. The third-order valence-electron chi connectivity index (χ3n) is 10.6. The zero-order valence-corrected chi connectivity index (χ0v) is 36.3. The van der Waals surface area contributed by atoms with E-state index in [1.807, 2.05) is 6.26 Å². The number of carboxylic acid groups (broad SMARTS) is 2. The first-order valence-electron chi connectivity index (χ1n) is 20.7. The molecule has 350 valence electrons. The van der Waals surface area contributed by atoms with Crippen LogP contribution in [0.5, 0.6) is 0 Å². The van der Waals surface area contributed by atoms with E-state index in [1.54, 1.807) is 13.8 Å². The number of hydrogen-bond acceptors (Lipinski definition) is 14. The number of aliphatic hydroxyl groups is 1. The zero-order chi connectivity index (χ0) is 46.7. The lowest BCUT2D eigenvalue weighted by atomic mass is 10.0. The van der Waals surface area contributed by atoms with Crippen molar-refractivity contribution in [2.75, 3.05) is 38.2 Å². The van der Waals surface area contributed by atoms with E-state index >= 15 is 0 Å². The van der Waals surface area contributed by atoms with E-state index in [4.69, 9.17) is 17.2 Å². The lowest BCUT2D eigenvalue weighted by molar-refractivity contribution is -0.146. The zero-order valence-electron chi connectivity index (χ0n) is 35.5. The van der Waals surface area contributed by atoms with Gasteiger partial charge in [0, 0.05) is 19.5 Å². The minimum Gasteiger partial charge on any atom is -0.481 e. The van der Waals surface area contributed by atoms with Gasteiger partial charge in [-0.05, 0) is 82.3 Å². The third kappa shape index (κ3) is 16.3. The van der Waals surface area contributed by atoms with Gasteiger partial charge < -0.3 is 68.9 Å². The van der Waals surface area contributed by atoms with Crippen LogP contribution < -0.4 is 43.8 Å². The molecule has 2 aliphatic rings. The standard InChI is InChI=1S/C38H64N10O13S/c1-20(2)30(46-33(55)24(18-28(41)50)44-32(54)22(8-4-5-14-39)42-31(53)21(40)13-17-62-3)37(59)48-16-7-10-27(48)34(56)43-23(11-12-29(51)52)36(58)47-15-6-9-26(47)35(57)45-25(19-49)38(60)61/h20-27,30,49H,4-19,39-40H2,1-3H3,(H2,41,50)(H,42,53)(H,43,56)(H,44,54)(H,45,57)(H,46,55)(H,51,52)(H,60,61)/t21-,22-,23-,24-,25-,26-,27-,30-/m0/s1. The monoisotopic (exact) mass is 900 g/mol. The Morgan fingerprint density at radius 2 is 1.26 bits per heavy atom. The molecule has 2 saturated heterocycles. The average Bonchev–Trinajstić information content (AvgIpc) is 3.92. The number of thioether (sulfide) groups is 1. The maximum Gasteiger partial charge on any atom is 0.328 e. The highest BCUT2D eigenvalue weighted by atomic mass is 32.2. The maximum atomic E-state index is 14.2. The molecule has 2 aliphatic heterocycles. The summed E-state index contributed by atoms with van der Waals surface area (Å²) < 4.78 is 0. The number of carboxylic acids is 2. The van der Waals surface area contributed by atoms with E-state index in [-0.39, 0.29) is 38.8 Å². The first-order valence-corrected chi connectivity index (χ1v) is 22.1. The minimum absolute atomic E-state index is 0.0321. The molecule has 0 bridgehead atoms. The summed E-state index contributed by atoms with van der Waals surface area (Å²) in [6, 6.07) is -10.4. The molecule has 0 spiro atoms. The van der Waals surface area contributed by atoms with E-state index in [0.29, 0.717) is 44.4 Å². The number of aliphatic carboxylic acids is 2. The smallest absolute Gasteiger partial charge is 0.328 e. The lowest BCUT2D eigenvalue weighted by Crippen LogP contribution is -2.61. The molecule has 8 amide bonds. The first kappa shape index (κ1) is 53.1. The Balaban J connectivity index is 2.29. The van der Waals surface area contributed by atoms with Gasteiger partial charge in [-0.1, -0.05) is 13.8 Å². The predicted octanol–water partition coefficient (Wildman–Crippen LogP) is -3.93. The number of primary amides is 1. The van der Waals surface area contributed by atoms with E-state index in [0.717, 1.165) is 4.90 Å². The van der Waals surface area contributed by atoms with Gasteiger partial charge in [0.2, 0.25) is 47.3 Å². The Hall–Kier alpha value is -5.07. The number of aliphatic hydroxyl groups excluding tert-OH is 1. The van der Waals surface area contributed by atoms with Gasteiger partial charge in [0.15, 0.2) is 0 Å². The first-order chi connectivity index (χ1) is 29.3. The molecule has 0 saturated carbocycles. The molecule has 62 heavy (non-hydrogen) atoms. The van der Waals surface area contributed by atoms with Crippen LogP contribution in [0.2, 0.25) is 0 Å². The molecule has 2 rings (SSSR count). The third-order valence-corrected chi connectivity index (χ3v) is 11.2. The maximum absolute atomic E-state index is 14.2. The Labute approximate surface area is 364 Å². The predicted molar refractivity (Wildman–Crippen MR) is 223 cm³/mol. The number of amides is 8. The SMILES string of the molecule is CSCC[C@H](N)C(=O)N[C@@H](CCCCN)C(=O)N[C@@H](CC(N)=O)C(=O)N[C@H](C(=O)N1CCC[C@H]1C(=O)N[C@@H](CCC(=O)O)C(=O)N1CCC[C@H]1C(=O)N[C@@H](CO)C(=O)O)C(C)C. The molecule has 0 aromatic rings. The second kappa shape index (κ2) is 26.4. The average molecular weight is 901 g/mol. The summed E-state index contributed by atoms with van der Waals surface area (Å²) in [6.45, 7) is 2.72. The quantitative estimate of drug-likeness (QED) is 0.0351. The summed E-state index contributed by atoms with van der Waals surface area (Å²) in [5.41, 5.74) is 17.1. The normalized spacial score (nSPS) is 19.0. The highest BCUT2D eigenvalue weighted by Gasteiger charge is 2.43. The molecule has 8 atom stereocenters. The molecule has 24 heteroatoms. The number of likely N-dealkylation sites (tertiary alicyclic amines) is 2. The molecular weight excluding hydrogens is 837 g/mol. The number of hydrogen-bond donors (Lipinski definition) is 11. The van der Waals surface area contributed by atoms with Gasteiger partial charge >= 0.3 is 11.9 Å². The van der Waals surface area contributed by atoms with Crippen molar-refractivity contribution in [3.05, 3.63) is 0 Å². The van der Waals surface area contributed by atoms with Crippen LogP contribution in [-0.2, 0) is 47.9 Å². The van der Waals surface area contributed by atoms with Crippen molar-refractivity contribution in [2.24, 2.45) is 23.1 Å². The summed E-state index contributed by atoms with van der Waals surface area (Å²) >= 11 is 1.49. The number of nitrogens with zero attached hydrogens (tertiary/aromatic N) is 2. The molecule has 0 aliphatic carbocycles. The largest absolute Gasteiger partial charge is 0.481 e. The molecule has 0 radical (unpaired) electrons. The summed E-state index contributed by atoms with van der Waals surface area (Å²) in [5, 5.41) is 40.4. The number of carbonyl (C=O) groups is 10. The fraction of sp³-hybridized carbons (Fsp3) is 0.737. The van der Waals surface area contributed by atoms with Crippen molar-refractivity contribution in [1.82, 2.24) is 36.4 Å². The summed E-state index contributed by atoms with van der Waals surface area (Å²) in [7, 11) is 0. The van der Waals surface area contributed by atoms with E-state index in [1.165, 1.54) is 16.7 Å². The van der Waals surface area contributed by atoms with Gasteiger partial charge in [-0.15, -0.1) is 0 Å². The van der Waals surface area contributed by atoms with Crippen LogP contribution in [0.15, 0.2) is 0 Å². The molecule has 0 unspecified atom stereocenters. The van der Waals surface area contributed by atoms with Gasteiger partial charge in [-0.2, -0.15) is 11.8 Å². The second-order valence-electron chi connectivity index (χ2n) is 15.7.